The molecule has 3 saturated heterocycles. The number of rotatable bonds is 0. The van der Waals surface area contributed by atoms with Gasteiger partial charge in [0.1, 0.15) is 29.3 Å². The number of hydrogen-bond donors (Lipinski definition) is 2. The third-order valence-corrected chi connectivity index (χ3v) is 9.82. The molecule has 5 rings (SSSR count). The molecular formula is C32H46O7. The Labute approximate surface area is 232 Å². The predicted molar refractivity (Wildman–Crippen MR) is 148 cm³/mol. The van der Waals surface area contributed by atoms with Crippen molar-refractivity contribution in [2.45, 2.75) is 122 Å². The van der Waals surface area contributed by atoms with E-state index in [0.29, 0.717) is 29.9 Å². The number of aliphatic hydroxyl groups is 2. The number of carbonyl (C=O) groups is 1. The van der Waals surface area contributed by atoms with Crippen molar-refractivity contribution in [3.8, 4) is 0 Å². The summed E-state index contributed by atoms with van der Waals surface area (Å²) in [6, 6.07) is 0. The highest BCUT2D eigenvalue weighted by molar-refractivity contribution is 5.83. The van der Waals surface area contributed by atoms with Crippen LogP contribution in [-0.2, 0) is 23.7 Å². The standard InChI is InChI=1S/C32H46O7/c1-19-8-7-9-24-18-36-28-27(33)22(4)16-30(6,32(24,28)35)29(34)37-26-15-25(11-10-20(2)14-19)39-31(17-26)13-12-21(3)23(5)38-31/h7-10,16,19,21,23,25-28,33,35H,11-15,17-18H2,1-6H3/b8-7+,20-10+,24-9+/t19-,21-,23+,25+,26?,27?,28+,30-,31-,32-/m0/s1. The van der Waals surface area contributed by atoms with Gasteiger partial charge >= 0.3 is 5.97 Å². The van der Waals surface area contributed by atoms with Gasteiger partial charge < -0.3 is 29.2 Å². The maximum Gasteiger partial charge on any atom is 0.319 e. The zero-order valence-corrected chi connectivity index (χ0v) is 24.3. The average molecular weight is 543 g/mol. The number of fused-ring (bicyclic) bond motifs is 2. The van der Waals surface area contributed by atoms with E-state index in [1.807, 2.05) is 12.2 Å². The second-order valence-corrected chi connectivity index (χ2v) is 13.0. The lowest BCUT2D eigenvalue weighted by molar-refractivity contribution is -0.332. The van der Waals surface area contributed by atoms with Gasteiger partial charge in [-0.2, -0.15) is 0 Å². The van der Waals surface area contributed by atoms with Crippen LogP contribution in [0.3, 0.4) is 0 Å². The lowest BCUT2D eigenvalue weighted by atomic mass is 9.61. The van der Waals surface area contributed by atoms with Gasteiger partial charge in [-0.15, -0.1) is 0 Å². The summed E-state index contributed by atoms with van der Waals surface area (Å²) in [5.74, 6) is -0.599. The summed E-state index contributed by atoms with van der Waals surface area (Å²) in [6.45, 7) is 12.2. The van der Waals surface area contributed by atoms with Crippen LogP contribution in [0.4, 0.5) is 0 Å². The van der Waals surface area contributed by atoms with Crippen molar-refractivity contribution >= 4 is 5.97 Å². The van der Waals surface area contributed by atoms with Gasteiger partial charge in [-0.05, 0) is 69.9 Å². The fourth-order valence-electron chi connectivity index (χ4n) is 7.24. The van der Waals surface area contributed by atoms with Crippen LogP contribution in [0.25, 0.3) is 0 Å². The number of ether oxygens (including phenoxy) is 4. The molecule has 0 aromatic heterocycles. The van der Waals surface area contributed by atoms with Crippen molar-refractivity contribution in [2.24, 2.45) is 17.3 Å². The molecule has 2 unspecified atom stereocenters. The van der Waals surface area contributed by atoms with E-state index in [1.54, 1.807) is 19.9 Å². The Balaban J connectivity index is 1.55. The Bertz CT molecular complexity index is 1090. The molecule has 2 N–H and O–H groups in total. The SMILES string of the molecule is CC1=C[C@@]2(C)C(=O)OC3C[C@@H](C/C=C(\C)C[C@@H](C)/C=C/C=C4\CO[C@H](C1O)[C@@]42O)O[C@@]1(CC[C@H](C)[C@@H](C)O1)C3. The summed E-state index contributed by atoms with van der Waals surface area (Å²) in [6.07, 6.45) is 11.7. The highest BCUT2D eigenvalue weighted by atomic mass is 16.7. The molecule has 3 fully saturated rings. The minimum absolute atomic E-state index is 0.0457. The fraction of sp³-hybridized carbons (Fsp3) is 0.719. The maximum atomic E-state index is 14.1. The third-order valence-electron chi connectivity index (χ3n) is 9.82. The highest BCUT2D eigenvalue weighted by Gasteiger charge is 2.66. The molecule has 0 amide bonds. The van der Waals surface area contributed by atoms with Crippen molar-refractivity contribution in [1.82, 2.24) is 0 Å². The quantitative estimate of drug-likeness (QED) is 0.331. The van der Waals surface area contributed by atoms with E-state index < -0.39 is 41.1 Å². The number of allylic oxidation sites excluding steroid dienone is 4. The molecule has 7 nitrogen and oxygen atoms in total. The fourth-order valence-corrected chi connectivity index (χ4v) is 7.24. The Morgan fingerprint density at radius 1 is 1.10 bits per heavy atom. The molecule has 39 heavy (non-hydrogen) atoms. The number of hydrogen-bond acceptors (Lipinski definition) is 7. The molecule has 2 bridgehead atoms. The van der Waals surface area contributed by atoms with E-state index in [4.69, 9.17) is 18.9 Å². The van der Waals surface area contributed by atoms with Crippen LogP contribution in [-0.4, -0.2) is 64.7 Å². The summed E-state index contributed by atoms with van der Waals surface area (Å²) in [5.41, 5.74) is -0.743. The molecule has 4 aliphatic heterocycles. The molecule has 5 aliphatic rings. The van der Waals surface area contributed by atoms with Crippen molar-refractivity contribution < 1.29 is 34.0 Å². The molecule has 7 heteroatoms. The normalized spacial score (nSPS) is 50.6. The van der Waals surface area contributed by atoms with Gasteiger partial charge in [0, 0.05) is 19.3 Å². The largest absolute Gasteiger partial charge is 0.461 e. The number of esters is 1. The molecule has 1 spiro atoms. The van der Waals surface area contributed by atoms with Gasteiger partial charge in [-0.3, -0.25) is 4.79 Å². The van der Waals surface area contributed by atoms with Gasteiger partial charge in [0.2, 0.25) is 0 Å². The van der Waals surface area contributed by atoms with Crippen molar-refractivity contribution in [1.29, 1.82) is 0 Å². The van der Waals surface area contributed by atoms with Crippen LogP contribution < -0.4 is 0 Å². The molecule has 0 aromatic carbocycles. The summed E-state index contributed by atoms with van der Waals surface area (Å²) in [5, 5.41) is 23.2. The second kappa shape index (κ2) is 10.6. The zero-order chi connectivity index (χ0) is 28.2. The molecule has 216 valence electrons. The van der Waals surface area contributed by atoms with Gasteiger partial charge in [-0.25, -0.2) is 0 Å². The number of aliphatic hydroxyl groups excluding tert-OH is 1. The minimum atomic E-state index is -1.74. The molecule has 0 radical (unpaired) electrons. The zero-order valence-electron chi connectivity index (χ0n) is 24.3. The first-order valence-corrected chi connectivity index (χ1v) is 14.7. The summed E-state index contributed by atoms with van der Waals surface area (Å²) < 4.78 is 25.4. The van der Waals surface area contributed by atoms with Gasteiger partial charge in [-0.1, -0.05) is 49.8 Å². The molecule has 1 aliphatic carbocycles. The van der Waals surface area contributed by atoms with E-state index in [2.05, 4.69) is 39.8 Å². The van der Waals surface area contributed by atoms with Crippen molar-refractivity contribution in [3.63, 3.8) is 0 Å². The Morgan fingerprint density at radius 3 is 2.62 bits per heavy atom. The van der Waals surface area contributed by atoms with Gasteiger partial charge in [0.05, 0.1) is 18.8 Å². The minimum Gasteiger partial charge on any atom is -0.461 e. The molecule has 10 atom stereocenters. The topological polar surface area (TPSA) is 94.5 Å². The van der Waals surface area contributed by atoms with Crippen LogP contribution in [0.15, 0.2) is 47.1 Å². The Kier molecular flexibility index (Phi) is 7.79. The van der Waals surface area contributed by atoms with Crippen LogP contribution >= 0.6 is 0 Å². The monoisotopic (exact) mass is 542 g/mol. The van der Waals surface area contributed by atoms with E-state index >= 15 is 0 Å². The summed E-state index contributed by atoms with van der Waals surface area (Å²) in [4.78, 5) is 14.1. The lowest BCUT2D eigenvalue weighted by Gasteiger charge is -2.50. The Hall–Kier alpha value is -1.77. The van der Waals surface area contributed by atoms with Gasteiger partial charge in [0.15, 0.2) is 5.79 Å². The van der Waals surface area contributed by atoms with E-state index in [1.165, 1.54) is 5.57 Å². The van der Waals surface area contributed by atoms with E-state index in [-0.39, 0.29) is 24.7 Å². The number of carbonyl (C=O) groups excluding carboxylic acids is 1. The Morgan fingerprint density at radius 2 is 1.87 bits per heavy atom. The van der Waals surface area contributed by atoms with E-state index in [9.17, 15) is 15.0 Å². The predicted octanol–water partition coefficient (Wildman–Crippen LogP) is 4.92. The first kappa shape index (κ1) is 28.7. The molecule has 4 heterocycles. The van der Waals surface area contributed by atoms with Crippen molar-refractivity contribution in [2.75, 3.05) is 6.61 Å². The first-order valence-electron chi connectivity index (χ1n) is 14.7. The van der Waals surface area contributed by atoms with Crippen LogP contribution in [0.2, 0.25) is 0 Å². The lowest BCUT2D eigenvalue weighted by Crippen LogP contribution is -2.63. The first-order chi connectivity index (χ1) is 18.4. The smallest absolute Gasteiger partial charge is 0.319 e. The molecular weight excluding hydrogens is 496 g/mol. The maximum absolute atomic E-state index is 14.1. The third kappa shape index (κ3) is 5.10. The van der Waals surface area contributed by atoms with Crippen LogP contribution in [0.1, 0.15) is 80.1 Å². The molecule has 0 aromatic rings. The highest BCUT2D eigenvalue weighted by Crippen LogP contribution is 2.53. The van der Waals surface area contributed by atoms with Crippen LogP contribution in [0.5, 0.6) is 0 Å². The van der Waals surface area contributed by atoms with E-state index in [0.717, 1.165) is 25.7 Å². The summed E-state index contributed by atoms with van der Waals surface area (Å²) >= 11 is 0. The average Bonchev–Trinajstić information content (AvgIpc) is 3.21. The van der Waals surface area contributed by atoms with Gasteiger partial charge in [0.25, 0.3) is 0 Å². The summed E-state index contributed by atoms with van der Waals surface area (Å²) in [7, 11) is 0. The molecule has 0 saturated carbocycles. The second-order valence-electron chi connectivity index (χ2n) is 13.0. The van der Waals surface area contributed by atoms with Crippen molar-refractivity contribution in [3.05, 3.63) is 47.1 Å². The van der Waals surface area contributed by atoms with Crippen LogP contribution in [0, 0.1) is 17.3 Å².